The van der Waals surface area contributed by atoms with Gasteiger partial charge in [-0.25, -0.2) is 9.78 Å². The van der Waals surface area contributed by atoms with Gasteiger partial charge in [0.2, 0.25) is 0 Å². The fourth-order valence-corrected chi connectivity index (χ4v) is 1.68. The molecule has 1 aromatic heterocycles. The number of esters is 1. The Balaban J connectivity index is 2.48. The van der Waals surface area contributed by atoms with Crippen LogP contribution in [0.15, 0.2) is 12.4 Å². The van der Waals surface area contributed by atoms with Crippen LogP contribution in [0.5, 0.6) is 0 Å². The van der Waals surface area contributed by atoms with Crippen molar-refractivity contribution in [2.24, 2.45) is 0 Å². The van der Waals surface area contributed by atoms with E-state index in [-0.39, 0.29) is 17.8 Å². The van der Waals surface area contributed by atoms with Gasteiger partial charge in [-0.1, -0.05) is 26.7 Å². The molecule has 0 aliphatic rings. The van der Waals surface area contributed by atoms with Crippen LogP contribution in [0.25, 0.3) is 0 Å². The van der Waals surface area contributed by atoms with E-state index in [9.17, 15) is 4.79 Å². The van der Waals surface area contributed by atoms with Crippen LogP contribution in [0, 0.1) is 6.92 Å². The molecule has 0 unspecified atom stereocenters. The molecular formula is C14H22N2O2. The van der Waals surface area contributed by atoms with E-state index in [1.54, 1.807) is 6.20 Å². The molecular weight excluding hydrogens is 228 g/mol. The Kier molecular flexibility index (Phi) is 6.33. The van der Waals surface area contributed by atoms with Gasteiger partial charge in [0.15, 0.2) is 5.69 Å². The first kappa shape index (κ1) is 14.6. The van der Waals surface area contributed by atoms with Gasteiger partial charge in [0.05, 0.1) is 11.9 Å². The van der Waals surface area contributed by atoms with Crippen molar-refractivity contribution in [2.75, 3.05) is 0 Å². The molecule has 100 valence electrons. The molecule has 4 heteroatoms. The molecule has 0 N–H and O–H groups in total. The fourth-order valence-electron chi connectivity index (χ4n) is 1.68. The summed E-state index contributed by atoms with van der Waals surface area (Å²) >= 11 is 0. The summed E-state index contributed by atoms with van der Waals surface area (Å²) in [5.74, 6) is -0.370. The number of aromatic nitrogens is 2. The van der Waals surface area contributed by atoms with Gasteiger partial charge in [-0.2, -0.15) is 0 Å². The highest BCUT2D eigenvalue weighted by molar-refractivity contribution is 5.86. The second-order valence-electron chi connectivity index (χ2n) is 4.47. The minimum absolute atomic E-state index is 0.00727. The lowest BCUT2D eigenvalue weighted by Gasteiger charge is -2.15. The third-order valence-electron chi connectivity index (χ3n) is 2.85. The Morgan fingerprint density at radius 1 is 1.28 bits per heavy atom. The Labute approximate surface area is 109 Å². The third kappa shape index (κ3) is 4.82. The molecule has 0 aliphatic heterocycles. The smallest absolute Gasteiger partial charge is 0.358 e. The van der Waals surface area contributed by atoms with Crippen LogP contribution < -0.4 is 0 Å². The van der Waals surface area contributed by atoms with Crippen molar-refractivity contribution in [2.45, 2.75) is 59.0 Å². The average molecular weight is 250 g/mol. The van der Waals surface area contributed by atoms with Crippen molar-refractivity contribution in [3.8, 4) is 0 Å². The molecule has 0 saturated heterocycles. The number of nitrogens with zero attached hydrogens (tertiary/aromatic N) is 2. The predicted molar refractivity (Wildman–Crippen MR) is 70.4 cm³/mol. The van der Waals surface area contributed by atoms with E-state index in [4.69, 9.17) is 4.74 Å². The largest absolute Gasteiger partial charge is 0.458 e. The van der Waals surface area contributed by atoms with Gasteiger partial charge < -0.3 is 4.74 Å². The fraction of sp³-hybridized carbons (Fsp3) is 0.643. The van der Waals surface area contributed by atoms with Crippen molar-refractivity contribution >= 4 is 5.97 Å². The van der Waals surface area contributed by atoms with Crippen LogP contribution in [0.2, 0.25) is 0 Å². The first-order valence-electron chi connectivity index (χ1n) is 6.67. The molecule has 4 nitrogen and oxygen atoms in total. The minimum Gasteiger partial charge on any atom is -0.458 e. The molecule has 1 atom stereocenters. The molecule has 0 aromatic carbocycles. The molecule has 0 aliphatic carbocycles. The first-order valence-corrected chi connectivity index (χ1v) is 6.67. The zero-order valence-corrected chi connectivity index (χ0v) is 11.5. The molecule has 18 heavy (non-hydrogen) atoms. The van der Waals surface area contributed by atoms with Crippen molar-refractivity contribution < 1.29 is 9.53 Å². The Bertz CT molecular complexity index is 363. The van der Waals surface area contributed by atoms with E-state index in [0.717, 1.165) is 25.0 Å². The topological polar surface area (TPSA) is 52.1 Å². The number of aryl methyl sites for hydroxylation is 1. The summed E-state index contributed by atoms with van der Waals surface area (Å²) in [6.07, 6.45) is 8.26. The van der Waals surface area contributed by atoms with Gasteiger partial charge in [-0.3, -0.25) is 4.98 Å². The van der Waals surface area contributed by atoms with Gasteiger partial charge in [0, 0.05) is 6.20 Å². The maximum absolute atomic E-state index is 11.8. The zero-order chi connectivity index (χ0) is 13.4. The maximum atomic E-state index is 11.8. The lowest BCUT2D eigenvalue weighted by molar-refractivity contribution is 0.0260. The van der Waals surface area contributed by atoms with Crippen molar-refractivity contribution in [3.63, 3.8) is 0 Å². The number of unbranched alkanes of at least 4 members (excludes halogenated alkanes) is 2. The van der Waals surface area contributed by atoms with Gasteiger partial charge in [0.1, 0.15) is 6.10 Å². The van der Waals surface area contributed by atoms with E-state index in [0.29, 0.717) is 0 Å². The number of hydrogen-bond donors (Lipinski definition) is 0. The highest BCUT2D eigenvalue weighted by Gasteiger charge is 2.15. The number of carbonyl (C=O) groups excluding carboxylic acids is 1. The van der Waals surface area contributed by atoms with Crippen LogP contribution >= 0.6 is 0 Å². The summed E-state index contributed by atoms with van der Waals surface area (Å²) in [7, 11) is 0. The van der Waals surface area contributed by atoms with Crippen LogP contribution in [0.4, 0.5) is 0 Å². The molecule has 1 aromatic rings. The molecule has 0 saturated carbocycles. The van der Waals surface area contributed by atoms with E-state index in [1.165, 1.54) is 19.0 Å². The molecule has 1 rings (SSSR count). The number of ether oxygens (including phenoxy) is 1. The van der Waals surface area contributed by atoms with Gasteiger partial charge in [-0.05, 0) is 26.2 Å². The lowest BCUT2D eigenvalue weighted by atomic mass is 10.1. The molecule has 0 radical (unpaired) electrons. The zero-order valence-electron chi connectivity index (χ0n) is 11.5. The summed E-state index contributed by atoms with van der Waals surface area (Å²) in [6.45, 7) is 6.03. The third-order valence-corrected chi connectivity index (χ3v) is 2.85. The van der Waals surface area contributed by atoms with Gasteiger partial charge >= 0.3 is 5.97 Å². The molecule has 0 bridgehead atoms. The Hall–Kier alpha value is -1.45. The van der Waals surface area contributed by atoms with Crippen molar-refractivity contribution in [1.29, 1.82) is 0 Å². The second-order valence-corrected chi connectivity index (χ2v) is 4.47. The van der Waals surface area contributed by atoms with Crippen molar-refractivity contribution in [3.05, 3.63) is 23.8 Å². The van der Waals surface area contributed by atoms with E-state index in [1.807, 2.05) is 13.8 Å². The maximum Gasteiger partial charge on any atom is 0.358 e. The summed E-state index contributed by atoms with van der Waals surface area (Å²) in [4.78, 5) is 19.9. The summed E-state index contributed by atoms with van der Waals surface area (Å²) < 4.78 is 5.43. The summed E-state index contributed by atoms with van der Waals surface area (Å²) in [5, 5.41) is 0. The highest BCUT2D eigenvalue weighted by atomic mass is 16.5. The van der Waals surface area contributed by atoms with E-state index < -0.39 is 0 Å². The normalized spacial score (nSPS) is 12.2. The van der Waals surface area contributed by atoms with E-state index >= 15 is 0 Å². The molecule has 0 fully saturated rings. The van der Waals surface area contributed by atoms with Crippen LogP contribution in [0.1, 0.15) is 62.1 Å². The van der Waals surface area contributed by atoms with Crippen LogP contribution in [-0.4, -0.2) is 22.0 Å². The van der Waals surface area contributed by atoms with Crippen molar-refractivity contribution in [1.82, 2.24) is 9.97 Å². The first-order chi connectivity index (χ1) is 8.67. The molecule has 0 amide bonds. The SMILES string of the molecule is CCCCC[C@@H](CC)OC(=O)c1cnc(C)cn1. The Morgan fingerprint density at radius 3 is 2.61 bits per heavy atom. The van der Waals surface area contributed by atoms with Gasteiger partial charge in [-0.15, -0.1) is 0 Å². The summed E-state index contributed by atoms with van der Waals surface area (Å²) in [5.41, 5.74) is 1.08. The summed E-state index contributed by atoms with van der Waals surface area (Å²) in [6, 6.07) is 0. The monoisotopic (exact) mass is 250 g/mol. The van der Waals surface area contributed by atoms with E-state index in [2.05, 4.69) is 16.9 Å². The predicted octanol–water partition coefficient (Wildman–Crippen LogP) is 3.30. The lowest BCUT2D eigenvalue weighted by Crippen LogP contribution is -2.18. The quantitative estimate of drug-likeness (QED) is 0.550. The van der Waals surface area contributed by atoms with Gasteiger partial charge in [0.25, 0.3) is 0 Å². The average Bonchev–Trinajstić information content (AvgIpc) is 2.38. The highest BCUT2D eigenvalue weighted by Crippen LogP contribution is 2.12. The number of hydrogen-bond acceptors (Lipinski definition) is 4. The van der Waals surface area contributed by atoms with Crippen LogP contribution in [0.3, 0.4) is 0 Å². The minimum atomic E-state index is -0.370. The Morgan fingerprint density at radius 2 is 2.06 bits per heavy atom. The second kappa shape index (κ2) is 7.80. The number of rotatable bonds is 7. The van der Waals surface area contributed by atoms with Crippen LogP contribution in [-0.2, 0) is 4.74 Å². The molecule has 1 heterocycles. The number of carbonyl (C=O) groups is 1. The standard InChI is InChI=1S/C14H22N2O2/c1-4-6-7-8-12(5-2)18-14(17)13-10-15-11(3)9-16-13/h9-10,12H,4-8H2,1-3H3/t12-/m1/s1. The molecule has 0 spiro atoms.